The molecule has 3 aromatic carbocycles. The van der Waals surface area contributed by atoms with Crippen LogP contribution in [0.2, 0.25) is 10.0 Å². The van der Waals surface area contributed by atoms with Crippen molar-refractivity contribution in [2.75, 3.05) is 80.9 Å². The van der Waals surface area contributed by atoms with E-state index in [4.69, 9.17) is 27.9 Å². The molecule has 0 aliphatic carbocycles. The van der Waals surface area contributed by atoms with E-state index in [-0.39, 0.29) is 5.91 Å². The first kappa shape index (κ1) is 30.3. The Kier molecular flexibility index (Phi) is 10.6. The number of hydrogen-bond donors (Lipinski definition) is 3. The number of methoxy groups -OCH3 is 1. The Morgan fingerprint density at radius 2 is 1.61 bits per heavy atom. The Balaban J connectivity index is 1.50. The van der Waals surface area contributed by atoms with Gasteiger partial charge < -0.3 is 35.4 Å². The summed E-state index contributed by atoms with van der Waals surface area (Å²) >= 11 is 12.2. The van der Waals surface area contributed by atoms with Crippen LogP contribution in [-0.4, -0.2) is 77.3 Å². The fourth-order valence-electron chi connectivity index (χ4n) is 4.72. The third kappa shape index (κ3) is 8.19. The van der Waals surface area contributed by atoms with Crippen LogP contribution in [0.25, 0.3) is 0 Å². The predicted molar refractivity (Wildman–Crippen MR) is 168 cm³/mol. The van der Waals surface area contributed by atoms with Crippen molar-refractivity contribution in [2.45, 2.75) is 6.42 Å². The second-order valence-electron chi connectivity index (χ2n) is 9.99. The smallest absolute Gasteiger partial charge is 0.323 e. The highest BCUT2D eigenvalue weighted by atomic mass is 35.5. The minimum absolute atomic E-state index is 0.185. The van der Waals surface area contributed by atoms with E-state index in [1.165, 1.54) is 0 Å². The van der Waals surface area contributed by atoms with Gasteiger partial charge in [-0.2, -0.15) is 0 Å². The Morgan fingerprint density at radius 1 is 0.902 bits per heavy atom. The van der Waals surface area contributed by atoms with Crippen LogP contribution >= 0.6 is 23.2 Å². The standard InChI is InChI=1S/C30H36Cl2N6O3/c1-36(2)14-6-13-33-29(39)23-20-22(34-30(40)35-25-11-9-21(31)19-24(25)32)10-12-26(23)37-15-17-38(18-16-37)27-7-4-5-8-28(27)41-3/h4-5,7-12,19-20H,6,13-18H2,1-3H3,(H,33,39)(H2,34,35,40). The van der Waals surface area contributed by atoms with Crippen LogP contribution < -0.4 is 30.5 Å². The van der Waals surface area contributed by atoms with Crippen LogP contribution in [-0.2, 0) is 0 Å². The zero-order valence-electron chi connectivity index (χ0n) is 23.5. The van der Waals surface area contributed by atoms with E-state index in [0.717, 1.165) is 56.3 Å². The van der Waals surface area contributed by atoms with Crippen LogP contribution in [0.4, 0.5) is 27.5 Å². The molecule has 11 heteroatoms. The molecule has 1 aliphatic heterocycles. The van der Waals surface area contributed by atoms with Crippen molar-refractivity contribution in [1.82, 2.24) is 10.2 Å². The molecule has 1 fully saturated rings. The molecular weight excluding hydrogens is 563 g/mol. The van der Waals surface area contributed by atoms with E-state index in [2.05, 4.69) is 36.7 Å². The summed E-state index contributed by atoms with van der Waals surface area (Å²) in [6.45, 7) is 4.41. The quantitative estimate of drug-likeness (QED) is 0.261. The maximum Gasteiger partial charge on any atom is 0.323 e. The Hall–Kier alpha value is -3.66. The molecule has 9 nitrogen and oxygen atoms in total. The molecule has 0 saturated carbocycles. The lowest BCUT2D eigenvalue weighted by Gasteiger charge is -2.38. The van der Waals surface area contributed by atoms with E-state index >= 15 is 0 Å². The lowest BCUT2D eigenvalue weighted by atomic mass is 10.1. The van der Waals surface area contributed by atoms with Gasteiger partial charge in [-0.15, -0.1) is 0 Å². The molecule has 0 radical (unpaired) electrons. The Bertz CT molecular complexity index is 1360. The van der Waals surface area contributed by atoms with Crippen LogP contribution in [0, 0.1) is 0 Å². The molecule has 3 amide bonds. The van der Waals surface area contributed by atoms with Gasteiger partial charge in [-0.1, -0.05) is 35.3 Å². The number of anilines is 4. The third-order valence-corrected chi connectivity index (χ3v) is 7.34. The summed E-state index contributed by atoms with van der Waals surface area (Å²) in [5.74, 6) is 0.656. The molecule has 3 aromatic rings. The summed E-state index contributed by atoms with van der Waals surface area (Å²) in [4.78, 5) is 32.7. The van der Waals surface area contributed by atoms with Crippen molar-refractivity contribution in [1.29, 1.82) is 0 Å². The molecule has 1 saturated heterocycles. The highest BCUT2D eigenvalue weighted by Gasteiger charge is 2.24. The molecule has 0 atom stereocenters. The predicted octanol–water partition coefficient (Wildman–Crippen LogP) is 5.65. The zero-order valence-corrected chi connectivity index (χ0v) is 25.1. The topological polar surface area (TPSA) is 89.2 Å². The SMILES string of the molecule is COc1ccccc1N1CCN(c2ccc(NC(=O)Nc3ccc(Cl)cc3Cl)cc2C(=O)NCCCN(C)C)CC1. The van der Waals surface area contributed by atoms with Gasteiger partial charge in [-0.25, -0.2) is 4.79 Å². The van der Waals surface area contributed by atoms with Gasteiger partial charge >= 0.3 is 6.03 Å². The molecule has 0 unspecified atom stereocenters. The maximum atomic E-state index is 13.4. The number of nitrogens with zero attached hydrogens (tertiary/aromatic N) is 3. The summed E-state index contributed by atoms with van der Waals surface area (Å²) in [6, 6.07) is 17.7. The largest absolute Gasteiger partial charge is 0.495 e. The highest BCUT2D eigenvalue weighted by molar-refractivity contribution is 6.36. The van der Waals surface area contributed by atoms with E-state index in [1.54, 1.807) is 37.4 Å². The molecule has 0 spiro atoms. The van der Waals surface area contributed by atoms with E-state index in [1.807, 2.05) is 38.4 Å². The third-order valence-electron chi connectivity index (χ3n) is 6.79. The first-order valence-corrected chi connectivity index (χ1v) is 14.2. The number of benzene rings is 3. The summed E-state index contributed by atoms with van der Waals surface area (Å²) in [6.07, 6.45) is 0.827. The molecule has 41 heavy (non-hydrogen) atoms. The van der Waals surface area contributed by atoms with Gasteiger partial charge in [0.1, 0.15) is 5.75 Å². The normalized spacial score (nSPS) is 13.2. The van der Waals surface area contributed by atoms with Gasteiger partial charge in [-0.3, -0.25) is 4.79 Å². The van der Waals surface area contributed by atoms with Gasteiger partial charge in [0.15, 0.2) is 0 Å². The summed E-state index contributed by atoms with van der Waals surface area (Å²) in [5.41, 5.74) is 3.30. The molecule has 0 aromatic heterocycles. The average Bonchev–Trinajstić information content (AvgIpc) is 2.96. The maximum absolute atomic E-state index is 13.4. The van der Waals surface area contributed by atoms with Gasteiger partial charge in [0.25, 0.3) is 5.91 Å². The van der Waals surface area contributed by atoms with Crippen LogP contribution in [0.15, 0.2) is 60.7 Å². The molecular formula is C30H36Cl2N6O3. The van der Waals surface area contributed by atoms with Crippen LogP contribution in [0.5, 0.6) is 5.75 Å². The first-order valence-electron chi connectivity index (χ1n) is 13.5. The van der Waals surface area contributed by atoms with Crippen molar-refractivity contribution in [2.24, 2.45) is 0 Å². The number of rotatable bonds is 10. The minimum atomic E-state index is -0.482. The Morgan fingerprint density at radius 3 is 2.29 bits per heavy atom. The van der Waals surface area contributed by atoms with Crippen molar-refractivity contribution >= 4 is 57.9 Å². The number of nitrogens with one attached hydrogen (secondary N) is 3. The molecule has 3 N–H and O–H groups in total. The van der Waals surface area contributed by atoms with E-state index < -0.39 is 6.03 Å². The number of halogens is 2. The number of urea groups is 1. The summed E-state index contributed by atoms with van der Waals surface area (Å²) in [5, 5.41) is 9.37. The molecule has 0 bridgehead atoms. The zero-order chi connectivity index (χ0) is 29.4. The molecule has 4 rings (SSSR count). The number of hydrogen-bond acceptors (Lipinski definition) is 6. The fraction of sp³-hybridized carbons (Fsp3) is 0.333. The van der Waals surface area contributed by atoms with Gasteiger partial charge in [-0.05, 0) is 75.6 Å². The van der Waals surface area contributed by atoms with Crippen molar-refractivity contribution in [3.8, 4) is 5.75 Å². The number of carbonyl (C=O) groups excluding carboxylic acids is 2. The molecule has 1 heterocycles. The number of piperazine rings is 1. The Labute approximate surface area is 251 Å². The monoisotopic (exact) mass is 598 g/mol. The van der Waals surface area contributed by atoms with Crippen molar-refractivity contribution < 1.29 is 14.3 Å². The minimum Gasteiger partial charge on any atom is -0.495 e. The van der Waals surface area contributed by atoms with E-state index in [0.29, 0.717) is 33.5 Å². The first-order chi connectivity index (χ1) is 19.7. The second-order valence-corrected chi connectivity index (χ2v) is 10.8. The highest BCUT2D eigenvalue weighted by Crippen LogP contribution is 2.31. The lowest BCUT2D eigenvalue weighted by molar-refractivity contribution is 0.0952. The van der Waals surface area contributed by atoms with Crippen molar-refractivity contribution in [3.05, 3.63) is 76.3 Å². The van der Waals surface area contributed by atoms with Gasteiger partial charge in [0, 0.05) is 49.1 Å². The van der Waals surface area contributed by atoms with Crippen molar-refractivity contribution in [3.63, 3.8) is 0 Å². The number of carbonyl (C=O) groups is 2. The van der Waals surface area contributed by atoms with Gasteiger partial charge in [0.2, 0.25) is 0 Å². The summed E-state index contributed by atoms with van der Waals surface area (Å²) < 4.78 is 5.55. The fourth-order valence-corrected chi connectivity index (χ4v) is 5.17. The average molecular weight is 600 g/mol. The summed E-state index contributed by atoms with van der Waals surface area (Å²) in [7, 11) is 5.68. The van der Waals surface area contributed by atoms with Crippen LogP contribution in [0.3, 0.4) is 0 Å². The second kappa shape index (κ2) is 14.3. The van der Waals surface area contributed by atoms with Gasteiger partial charge in [0.05, 0.1) is 29.1 Å². The lowest BCUT2D eigenvalue weighted by Crippen LogP contribution is -2.47. The van der Waals surface area contributed by atoms with Crippen LogP contribution in [0.1, 0.15) is 16.8 Å². The molecule has 1 aliphatic rings. The number of amides is 3. The molecule has 218 valence electrons. The van der Waals surface area contributed by atoms with E-state index in [9.17, 15) is 9.59 Å². The number of para-hydroxylation sites is 2. The number of ether oxygens (including phenoxy) is 1.